The van der Waals surface area contributed by atoms with E-state index in [9.17, 15) is 8.42 Å². The molecule has 0 atom stereocenters. The Bertz CT molecular complexity index is 761. The second kappa shape index (κ2) is 6.29. The molecule has 0 amide bonds. The van der Waals surface area contributed by atoms with Crippen molar-refractivity contribution < 1.29 is 13.5 Å². The predicted octanol–water partition coefficient (Wildman–Crippen LogP) is 1.09. The van der Waals surface area contributed by atoms with Crippen LogP contribution in [0.15, 0.2) is 23.4 Å². The molecule has 0 saturated heterocycles. The van der Waals surface area contributed by atoms with E-state index >= 15 is 0 Å². The predicted molar refractivity (Wildman–Crippen MR) is 77.4 cm³/mol. The van der Waals surface area contributed by atoms with Crippen molar-refractivity contribution in [2.45, 2.75) is 18.0 Å². The lowest BCUT2D eigenvalue weighted by atomic mass is 10.2. The van der Waals surface area contributed by atoms with E-state index < -0.39 is 10.0 Å². The summed E-state index contributed by atoms with van der Waals surface area (Å²) in [5, 5.41) is 16.8. The van der Waals surface area contributed by atoms with Crippen LogP contribution in [-0.2, 0) is 30.2 Å². The van der Waals surface area contributed by atoms with Crippen molar-refractivity contribution >= 4 is 33.2 Å². The van der Waals surface area contributed by atoms with Crippen LogP contribution in [0.2, 0.25) is 10.0 Å². The minimum Gasteiger partial charge on any atom is -0.392 e. The van der Waals surface area contributed by atoms with Crippen LogP contribution in [0.1, 0.15) is 11.4 Å². The Labute approximate surface area is 131 Å². The van der Waals surface area contributed by atoms with E-state index in [-0.39, 0.29) is 33.7 Å². The standard InChI is InChI=1S/C11H12Cl2N4O3S/c1-17-6-14-16-11(17)4-15-21(19,20)10-2-7(5-18)8(12)3-9(10)13/h2-3,6,15,18H,4-5H2,1H3. The molecule has 1 heterocycles. The van der Waals surface area contributed by atoms with Crippen molar-refractivity contribution in [2.75, 3.05) is 0 Å². The van der Waals surface area contributed by atoms with Crippen LogP contribution in [0.4, 0.5) is 0 Å². The minimum atomic E-state index is -3.87. The van der Waals surface area contributed by atoms with Crippen molar-refractivity contribution in [3.8, 4) is 0 Å². The Morgan fingerprint density at radius 2 is 2.05 bits per heavy atom. The maximum Gasteiger partial charge on any atom is 0.242 e. The molecule has 2 N–H and O–H groups in total. The van der Waals surface area contributed by atoms with Gasteiger partial charge in [0.1, 0.15) is 17.0 Å². The second-order valence-electron chi connectivity index (χ2n) is 4.21. The molecule has 1 aromatic heterocycles. The zero-order valence-electron chi connectivity index (χ0n) is 10.9. The van der Waals surface area contributed by atoms with Crippen LogP contribution in [0.5, 0.6) is 0 Å². The van der Waals surface area contributed by atoms with Gasteiger partial charge in [-0.15, -0.1) is 10.2 Å². The zero-order chi connectivity index (χ0) is 15.6. The fourth-order valence-electron chi connectivity index (χ4n) is 1.60. The van der Waals surface area contributed by atoms with Gasteiger partial charge < -0.3 is 9.67 Å². The third kappa shape index (κ3) is 3.53. The summed E-state index contributed by atoms with van der Waals surface area (Å²) in [6, 6.07) is 2.52. The van der Waals surface area contributed by atoms with Crippen molar-refractivity contribution in [2.24, 2.45) is 7.05 Å². The molecule has 0 aliphatic carbocycles. The molecule has 0 bridgehead atoms. The Hall–Kier alpha value is -1.19. The maximum absolute atomic E-state index is 12.3. The van der Waals surface area contributed by atoms with Crippen LogP contribution < -0.4 is 4.72 Å². The lowest BCUT2D eigenvalue weighted by Gasteiger charge is -2.10. The quantitative estimate of drug-likeness (QED) is 0.841. The second-order valence-corrected chi connectivity index (χ2v) is 6.76. The summed E-state index contributed by atoms with van der Waals surface area (Å²) in [6.45, 7) is -0.423. The number of aryl methyl sites for hydroxylation is 1. The van der Waals surface area contributed by atoms with Crippen LogP contribution in [0, 0.1) is 0 Å². The topological polar surface area (TPSA) is 97.1 Å². The highest BCUT2D eigenvalue weighted by Crippen LogP contribution is 2.28. The number of benzene rings is 1. The lowest BCUT2D eigenvalue weighted by molar-refractivity contribution is 0.281. The number of rotatable bonds is 5. The number of nitrogens with zero attached hydrogens (tertiary/aromatic N) is 3. The third-order valence-electron chi connectivity index (χ3n) is 2.79. The Kier molecular flexibility index (Phi) is 4.84. The van der Waals surface area contributed by atoms with Crippen LogP contribution in [0.25, 0.3) is 0 Å². The van der Waals surface area contributed by atoms with Crippen LogP contribution >= 0.6 is 23.2 Å². The average Bonchev–Trinajstić information content (AvgIpc) is 2.82. The van der Waals surface area contributed by atoms with E-state index in [4.69, 9.17) is 28.3 Å². The van der Waals surface area contributed by atoms with Crippen molar-refractivity contribution in [1.82, 2.24) is 19.5 Å². The number of aromatic nitrogens is 3. The minimum absolute atomic E-state index is 0.0253. The molecule has 1 aromatic carbocycles. The highest BCUT2D eigenvalue weighted by atomic mass is 35.5. The molecule has 2 rings (SSSR count). The molecule has 0 saturated carbocycles. The van der Waals surface area contributed by atoms with Gasteiger partial charge in [-0.3, -0.25) is 0 Å². The maximum atomic E-state index is 12.3. The number of aliphatic hydroxyl groups excluding tert-OH is 1. The molecule has 0 aliphatic heterocycles. The van der Waals surface area contributed by atoms with Gasteiger partial charge in [0.25, 0.3) is 0 Å². The number of nitrogens with one attached hydrogen (secondary N) is 1. The Morgan fingerprint density at radius 3 is 2.62 bits per heavy atom. The van der Waals surface area contributed by atoms with E-state index in [0.29, 0.717) is 5.82 Å². The smallest absolute Gasteiger partial charge is 0.242 e. The Morgan fingerprint density at radius 1 is 1.33 bits per heavy atom. The summed E-state index contributed by atoms with van der Waals surface area (Å²) in [4.78, 5) is -0.153. The first kappa shape index (κ1) is 16.2. The first-order valence-corrected chi connectivity index (χ1v) is 8.00. The molecule has 0 spiro atoms. The SMILES string of the molecule is Cn1cnnc1CNS(=O)(=O)c1cc(CO)c(Cl)cc1Cl. The summed E-state index contributed by atoms with van der Waals surface area (Å²) in [5.74, 6) is 0.450. The van der Waals surface area contributed by atoms with E-state index in [1.54, 1.807) is 11.6 Å². The molecule has 7 nitrogen and oxygen atoms in total. The largest absolute Gasteiger partial charge is 0.392 e. The van der Waals surface area contributed by atoms with Crippen molar-refractivity contribution in [3.05, 3.63) is 39.9 Å². The molecule has 0 fully saturated rings. The van der Waals surface area contributed by atoms with E-state index in [2.05, 4.69) is 14.9 Å². The molecule has 10 heteroatoms. The fourth-order valence-corrected chi connectivity index (χ4v) is 3.44. The summed E-state index contributed by atoms with van der Waals surface area (Å²) in [6.07, 6.45) is 1.46. The summed E-state index contributed by atoms with van der Waals surface area (Å²) in [7, 11) is -2.17. The van der Waals surface area contributed by atoms with Gasteiger partial charge in [0.15, 0.2) is 0 Å². The van der Waals surface area contributed by atoms with Gasteiger partial charge in [-0.1, -0.05) is 23.2 Å². The number of hydrogen-bond acceptors (Lipinski definition) is 5. The van der Waals surface area contributed by atoms with Gasteiger partial charge in [0.05, 0.1) is 18.2 Å². The van der Waals surface area contributed by atoms with E-state index in [0.717, 1.165) is 0 Å². The average molecular weight is 351 g/mol. The first-order chi connectivity index (χ1) is 9.85. The zero-order valence-corrected chi connectivity index (χ0v) is 13.2. The van der Waals surface area contributed by atoms with Crippen LogP contribution in [-0.4, -0.2) is 28.3 Å². The first-order valence-electron chi connectivity index (χ1n) is 5.76. The molecular formula is C11H12Cl2N4O3S. The number of hydrogen-bond donors (Lipinski definition) is 2. The van der Waals surface area contributed by atoms with E-state index in [1.807, 2.05) is 0 Å². The van der Waals surface area contributed by atoms with Crippen molar-refractivity contribution in [1.29, 1.82) is 0 Å². The van der Waals surface area contributed by atoms with Gasteiger partial charge in [-0.05, 0) is 17.7 Å². The monoisotopic (exact) mass is 350 g/mol. The van der Waals surface area contributed by atoms with Gasteiger partial charge in [-0.2, -0.15) is 0 Å². The van der Waals surface area contributed by atoms with Crippen molar-refractivity contribution in [3.63, 3.8) is 0 Å². The summed E-state index contributed by atoms with van der Waals surface area (Å²) in [5.41, 5.74) is 0.278. The normalized spacial score (nSPS) is 11.8. The van der Waals surface area contributed by atoms with Crippen LogP contribution in [0.3, 0.4) is 0 Å². The fraction of sp³-hybridized carbons (Fsp3) is 0.273. The van der Waals surface area contributed by atoms with Gasteiger partial charge in [0.2, 0.25) is 10.0 Å². The number of halogens is 2. The molecule has 2 aromatic rings. The summed E-state index contributed by atoms with van der Waals surface area (Å²) >= 11 is 11.8. The lowest BCUT2D eigenvalue weighted by Crippen LogP contribution is -2.25. The molecular weight excluding hydrogens is 339 g/mol. The van der Waals surface area contributed by atoms with Gasteiger partial charge >= 0.3 is 0 Å². The number of aliphatic hydroxyl groups is 1. The highest BCUT2D eigenvalue weighted by Gasteiger charge is 2.20. The molecule has 21 heavy (non-hydrogen) atoms. The molecule has 114 valence electrons. The Balaban J connectivity index is 2.29. The van der Waals surface area contributed by atoms with Gasteiger partial charge in [0, 0.05) is 12.1 Å². The summed E-state index contributed by atoms with van der Waals surface area (Å²) < 4.78 is 28.5. The molecule has 0 unspecified atom stereocenters. The van der Waals surface area contributed by atoms with Gasteiger partial charge in [-0.25, -0.2) is 13.1 Å². The highest BCUT2D eigenvalue weighted by molar-refractivity contribution is 7.89. The molecule has 0 radical (unpaired) electrons. The number of sulfonamides is 1. The molecule has 0 aliphatic rings. The third-order valence-corrected chi connectivity index (χ3v) is 5.00. The van der Waals surface area contributed by atoms with E-state index in [1.165, 1.54) is 18.5 Å².